The van der Waals surface area contributed by atoms with Crippen LogP contribution in [0.1, 0.15) is 11.3 Å². The molecule has 0 atom stereocenters. The van der Waals surface area contributed by atoms with Crippen molar-refractivity contribution in [1.29, 1.82) is 0 Å². The van der Waals surface area contributed by atoms with E-state index in [4.69, 9.17) is 0 Å². The Bertz CT molecular complexity index is 368. The molecule has 0 spiro atoms. The number of aryl methyl sites for hydroxylation is 1. The molecule has 0 fully saturated rings. The molecule has 0 amide bonds. The number of hydrogen-bond donors (Lipinski definition) is 0. The van der Waals surface area contributed by atoms with Gasteiger partial charge in [0, 0.05) is 31.8 Å². The van der Waals surface area contributed by atoms with Gasteiger partial charge in [0.1, 0.15) is 11.7 Å². The molecule has 0 aliphatic carbocycles. The van der Waals surface area contributed by atoms with Crippen molar-refractivity contribution < 1.29 is 0 Å². The normalized spacial score (nSPS) is 18.1. The number of fused-ring (bicyclic) bond motifs is 1. The number of aromatic nitrogens is 1. The van der Waals surface area contributed by atoms with Crippen molar-refractivity contribution >= 4 is 11.7 Å². The van der Waals surface area contributed by atoms with Crippen LogP contribution in [0.2, 0.25) is 0 Å². The molecule has 0 aromatic carbocycles. The molecule has 1 aromatic heterocycles. The molecule has 1 aromatic rings. The van der Waals surface area contributed by atoms with Crippen molar-refractivity contribution in [2.45, 2.75) is 13.3 Å². The maximum absolute atomic E-state index is 4.48. The fourth-order valence-corrected chi connectivity index (χ4v) is 1.64. The van der Waals surface area contributed by atoms with E-state index in [1.807, 2.05) is 27.1 Å². The van der Waals surface area contributed by atoms with Gasteiger partial charge in [-0.25, -0.2) is 4.98 Å². The quantitative estimate of drug-likeness (QED) is 0.596. The average molecular weight is 175 g/mol. The predicted molar refractivity (Wildman–Crippen MR) is 54.4 cm³/mol. The third kappa shape index (κ3) is 1.20. The molecule has 1 aliphatic heterocycles. The molecule has 1 aliphatic rings. The highest BCUT2D eigenvalue weighted by Crippen LogP contribution is 2.25. The van der Waals surface area contributed by atoms with Crippen LogP contribution >= 0.6 is 0 Å². The van der Waals surface area contributed by atoms with Gasteiger partial charge in [-0.3, -0.25) is 4.99 Å². The lowest BCUT2D eigenvalue weighted by Crippen LogP contribution is -2.22. The Morgan fingerprint density at radius 1 is 1.46 bits per heavy atom. The Morgan fingerprint density at radius 3 is 2.92 bits per heavy atom. The molecule has 0 unspecified atom stereocenters. The van der Waals surface area contributed by atoms with Gasteiger partial charge in [0.25, 0.3) is 0 Å². The third-order valence-corrected chi connectivity index (χ3v) is 2.41. The van der Waals surface area contributed by atoms with Gasteiger partial charge in [0.05, 0.1) is 0 Å². The van der Waals surface area contributed by atoms with Crippen molar-refractivity contribution in [3.8, 4) is 0 Å². The van der Waals surface area contributed by atoms with Crippen molar-refractivity contribution in [3.63, 3.8) is 0 Å². The van der Waals surface area contributed by atoms with E-state index < -0.39 is 0 Å². The Hall–Kier alpha value is -1.38. The van der Waals surface area contributed by atoms with E-state index in [9.17, 15) is 0 Å². The number of anilines is 1. The topological polar surface area (TPSA) is 28.5 Å². The smallest absolute Gasteiger partial charge is 0.137 e. The third-order valence-electron chi connectivity index (χ3n) is 2.41. The van der Waals surface area contributed by atoms with E-state index in [1.54, 1.807) is 0 Å². The number of hydrogen-bond acceptors (Lipinski definition) is 2. The van der Waals surface area contributed by atoms with Crippen LogP contribution in [0.3, 0.4) is 0 Å². The second kappa shape index (κ2) is 2.83. The molecule has 0 radical (unpaired) electrons. The number of amidine groups is 1. The number of rotatable bonds is 0. The van der Waals surface area contributed by atoms with Gasteiger partial charge >= 0.3 is 0 Å². The van der Waals surface area contributed by atoms with Crippen LogP contribution < -0.4 is 4.90 Å². The van der Waals surface area contributed by atoms with E-state index in [0.717, 1.165) is 23.8 Å². The molecule has 0 N–H and O–H groups in total. The van der Waals surface area contributed by atoms with E-state index in [1.165, 1.54) is 5.56 Å². The van der Waals surface area contributed by atoms with Gasteiger partial charge in [0.15, 0.2) is 0 Å². The lowest BCUT2D eigenvalue weighted by Gasteiger charge is -2.11. The summed E-state index contributed by atoms with van der Waals surface area (Å²) in [5.41, 5.74) is 2.33. The molecular weight excluding hydrogens is 162 g/mol. The lowest BCUT2D eigenvalue weighted by atomic mass is 10.2. The van der Waals surface area contributed by atoms with E-state index in [2.05, 4.69) is 20.9 Å². The minimum Gasteiger partial charge on any atom is -0.317 e. The maximum atomic E-state index is 4.48. The standard InChI is InChI=1S/C10H13N3/c1-7-4-5-8-6-9(11-2)13(3)10(8)12-7/h4-5H,6H2,1-3H3. The first kappa shape index (κ1) is 8.23. The second-order valence-corrected chi connectivity index (χ2v) is 3.31. The largest absolute Gasteiger partial charge is 0.317 e. The lowest BCUT2D eigenvalue weighted by molar-refractivity contribution is 1.13. The zero-order valence-electron chi connectivity index (χ0n) is 8.20. The van der Waals surface area contributed by atoms with Crippen LogP contribution in [0.15, 0.2) is 17.1 Å². The van der Waals surface area contributed by atoms with Crippen molar-refractivity contribution in [3.05, 3.63) is 23.4 Å². The van der Waals surface area contributed by atoms with Gasteiger partial charge in [-0.2, -0.15) is 0 Å². The van der Waals surface area contributed by atoms with Crippen LogP contribution in [0, 0.1) is 6.92 Å². The van der Waals surface area contributed by atoms with E-state index in [0.29, 0.717) is 0 Å². The Labute approximate surface area is 78.1 Å². The Morgan fingerprint density at radius 2 is 2.23 bits per heavy atom. The summed E-state index contributed by atoms with van der Waals surface area (Å²) < 4.78 is 0. The summed E-state index contributed by atoms with van der Waals surface area (Å²) in [6, 6.07) is 4.18. The Kier molecular flexibility index (Phi) is 1.79. The highest BCUT2D eigenvalue weighted by atomic mass is 15.2. The van der Waals surface area contributed by atoms with Gasteiger partial charge in [-0.1, -0.05) is 6.07 Å². The molecule has 0 bridgehead atoms. The second-order valence-electron chi connectivity index (χ2n) is 3.31. The molecule has 2 rings (SSSR count). The predicted octanol–water partition coefficient (Wildman–Crippen LogP) is 1.41. The first-order valence-electron chi connectivity index (χ1n) is 4.38. The molecule has 2 heterocycles. The molecule has 68 valence electrons. The number of likely N-dealkylation sites (N-methyl/N-ethyl adjacent to an activating group) is 1. The van der Waals surface area contributed by atoms with E-state index >= 15 is 0 Å². The van der Waals surface area contributed by atoms with Crippen LogP contribution in [-0.4, -0.2) is 24.9 Å². The van der Waals surface area contributed by atoms with Crippen molar-refractivity contribution in [2.75, 3.05) is 19.0 Å². The molecule has 3 nitrogen and oxygen atoms in total. The summed E-state index contributed by atoms with van der Waals surface area (Å²) in [7, 11) is 3.84. The molecular formula is C10H13N3. The van der Waals surface area contributed by atoms with Gasteiger partial charge in [-0.15, -0.1) is 0 Å². The van der Waals surface area contributed by atoms with Gasteiger partial charge in [-0.05, 0) is 13.0 Å². The zero-order chi connectivity index (χ0) is 9.42. The summed E-state index contributed by atoms with van der Waals surface area (Å²) >= 11 is 0. The van der Waals surface area contributed by atoms with Crippen LogP contribution in [0.25, 0.3) is 0 Å². The summed E-state index contributed by atoms with van der Waals surface area (Å²) in [5, 5.41) is 0. The number of nitrogens with zero attached hydrogens (tertiary/aromatic N) is 3. The monoisotopic (exact) mass is 175 g/mol. The minimum absolute atomic E-state index is 0.912. The summed E-state index contributed by atoms with van der Waals surface area (Å²) in [4.78, 5) is 10.8. The highest BCUT2D eigenvalue weighted by Gasteiger charge is 2.22. The van der Waals surface area contributed by atoms with E-state index in [-0.39, 0.29) is 0 Å². The molecule has 0 saturated heterocycles. The molecule has 13 heavy (non-hydrogen) atoms. The molecule has 0 saturated carbocycles. The van der Waals surface area contributed by atoms with Crippen molar-refractivity contribution in [1.82, 2.24) is 4.98 Å². The SMILES string of the molecule is CN=C1Cc2ccc(C)nc2N1C. The van der Waals surface area contributed by atoms with Crippen LogP contribution in [0.5, 0.6) is 0 Å². The zero-order valence-corrected chi connectivity index (χ0v) is 8.20. The maximum Gasteiger partial charge on any atom is 0.137 e. The average Bonchev–Trinajstić information content (AvgIpc) is 2.44. The Balaban J connectivity index is 2.50. The van der Waals surface area contributed by atoms with Gasteiger partial charge < -0.3 is 4.90 Å². The summed E-state index contributed by atoms with van der Waals surface area (Å²) in [6.45, 7) is 2.01. The van der Waals surface area contributed by atoms with Crippen molar-refractivity contribution in [2.24, 2.45) is 4.99 Å². The fraction of sp³-hybridized carbons (Fsp3) is 0.400. The first-order chi connectivity index (χ1) is 6.22. The number of pyridine rings is 1. The van der Waals surface area contributed by atoms with Gasteiger partial charge in [0.2, 0.25) is 0 Å². The highest BCUT2D eigenvalue weighted by molar-refractivity contribution is 6.03. The first-order valence-corrected chi connectivity index (χ1v) is 4.38. The summed E-state index contributed by atoms with van der Waals surface area (Å²) in [6.07, 6.45) is 0.912. The number of aliphatic imine (C=N–C) groups is 1. The minimum atomic E-state index is 0.912. The fourth-order valence-electron chi connectivity index (χ4n) is 1.64. The summed E-state index contributed by atoms with van der Waals surface area (Å²) in [5.74, 6) is 2.15. The van der Waals surface area contributed by atoms with Crippen LogP contribution in [0.4, 0.5) is 5.82 Å². The molecule has 3 heteroatoms. The van der Waals surface area contributed by atoms with Crippen LogP contribution in [-0.2, 0) is 6.42 Å².